The van der Waals surface area contributed by atoms with Crippen molar-refractivity contribution in [1.82, 2.24) is 10.2 Å². The molecule has 2 aromatic rings. The largest absolute Gasteiger partial charge is 0.508 e. The average Bonchev–Trinajstić information content (AvgIpc) is 2.76. The van der Waals surface area contributed by atoms with Crippen LogP contribution in [0.25, 0.3) is 0 Å². The van der Waals surface area contributed by atoms with Gasteiger partial charge in [0.05, 0.1) is 12.1 Å². The van der Waals surface area contributed by atoms with Gasteiger partial charge in [-0.2, -0.15) is 10.5 Å². The van der Waals surface area contributed by atoms with E-state index in [9.17, 15) is 9.90 Å². The van der Waals surface area contributed by atoms with Crippen LogP contribution in [-0.2, 0) is 0 Å². The second kappa shape index (κ2) is 5.33. The molecule has 0 bridgehead atoms. The summed E-state index contributed by atoms with van der Waals surface area (Å²) in [6.07, 6.45) is 0. The highest BCUT2D eigenvalue weighted by Gasteiger charge is 2.29. The summed E-state index contributed by atoms with van der Waals surface area (Å²) >= 11 is 0. The molecule has 0 fully saturated rings. The number of aryl methyl sites for hydroxylation is 1. The number of nitriles is 2. The molecule has 1 aromatic carbocycles. The van der Waals surface area contributed by atoms with E-state index in [0.29, 0.717) is 16.8 Å². The molecule has 1 heterocycles. The van der Waals surface area contributed by atoms with Crippen LogP contribution in [0.15, 0.2) is 29.1 Å². The minimum atomic E-state index is -1.02. The minimum absolute atomic E-state index is 0.0201. The van der Waals surface area contributed by atoms with E-state index in [2.05, 4.69) is 10.2 Å². The van der Waals surface area contributed by atoms with Crippen LogP contribution in [0.2, 0.25) is 0 Å². The molecule has 0 aliphatic rings. The van der Waals surface area contributed by atoms with Crippen molar-refractivity contribution in [3.8, 4) is 17.9 Å². The molecule has 2 rings (SSSR count). The standard InChI is InChI=1S/C14H12N4O2/c1-8-12(14(20)18-17-8)13(10(6-15)7-16)9-3-2-4-11(19)5-9/h2-5,10,13,19H,1H3,(H2,17,18,20)/t13-/m1/s1. The van der Waals surface area contributed by atoms with E-state index in [1.807, 2.05) is 12.1 Å². The SMILES string of the molecule is Cc1[nH][nH]c(=O)c1[C@H](c1cccc(O)c1)C(C#N)C#N. The van der Waals surface area contributed by atoms with Gasteiger partial charge in [0.15, 0.2) is 0 Å². The first-order chi connectivity index (χ1) is 9.58. The van der Waals surface area contributed by atoms with E-state index in [0.717, 1.165) is 0 Å². The highest BCUT2D eigenvalue weighted by Crippen LogP contribution is 2.32. The summed E-state index contributed by atoms with van der Waals surface area (Å²) in [5.41, 5.74) is 1.08. The van der Waals surface area contributed by atoms with Crippen LogP contribution in [0.5, 0.6) is 5.75 Å². The predicted octanol–water partition coefficient (Wildman–Crippen LogP) is 1.51. The molecule has 20 heavy (non-hydrogen) atoms. The second-order valence-electron chi connectivity index (χ2n) is 4.43. The average molecular weight is 268 g/mol. The predicted molar refractivity (Wildman–Crippen MR) is 70.8 cm³/mol. The number of aromatic nitrogens is 2. The third-order valence-corrected chi connectivity index (χ3v) is 3.16. The molecule has 100 valence electrons. The van der Waals surface area contributed by atoms with Gasteiger partial charge in [0.25, 0.3) is 5.56 Å². The Bertz CT molecular complexity index is 746. The Kier molecular flexibility index (Phi) is 3.58. The molecule has 0 spiro atoms. The zero-order valence-electron chi connectivity index (χ0n) is 10.7. The highest BCUT2D eigenvalue weighted by atomic mass is 16.3. The van der Waals surface area contributed by atoms with Gasteiger partial charge in [-0.05, 0) is 24.6 Å². The number of phenolic OH excluding ortho intramolecular Hbond substituents is 1. The lowest BCUT2D eigenvalue weighted by molar-refractivity contribution is 0.473. The monoisotopic (exact) mass is 268 g/mol. The van der Waals surface area contributed by atoms with Crippen LogP contribution in [0, 0.1) is 35.5 Å². The quantitative estimate of drug-likeness (QED) is 0.782. The van der Waals surface area contributed by atoms with E-state index in [1.54, 1.807) is 19.1 Å². The fourth-order valence-corrected chi connectivity index (χ4v) is 2.25. The van der Waals surface area contributed by atoms with Crippen LogP contribution in [0.1, 0.15) is 22.7 Å². The number of benzene rings is 1. The molecular formula is C14H12N4O2. The molecule has 0 aliphatic carbocycles. The van der Waals surface area contributed by atoms with Gasteiger partial charge < -0.3 is 10.2 Å². The second-order valence-corrected chi connectivity index (χ2v) is 4.43. The summed E-state index contributed by atoms with van der Waals surface area (Å²) in [4.78, 5) is 11.9. The molecule has 0 aliphatic heterocycles. The number of nitrogens with zero attached hydrogens (tertiary/aromatic N) is 2. The number of phenols is 1. The first kappa shape index (κ1) is 13.4. The van der Waals surface area contributed by atoms with Crippen molar-refractivity contribution in [2.45, 2.75) is 12.8 Å². The summed E-state index contributed by atoms with van der Waals surface area (Å²) in [6.45, 7) is 1.69. The highest BCUT2D eigenvalue weighted by molar-refractivity contribution is 5.40. The Hall–Kier alpha value is -2.99. The lowest BCUT2D eigenvalue weighted by atomic mass is 9.82. The first-order valence-electron chi connectivity index (χ1n) is 5.93. The Morgan fingerprint density at radius 1 is 1.25 bits per heavy atom. The third-order valence-electron chi connectivity index (χ3n) is 3.16. The summed E-state index contributed by atoms with van der Waals surface area (Å²) < 4.78 is 0. The maximum absolute atomic E-state index is 11.9. The van der Waals surface area contributed by atoms with Crippen LogP contribution >= 0.6 is 0 Å². The molecule has 1 atom stereocenters. The number of nitrogens with one attached hydrogen (secondary N) is 2. The first-order valence-corrected chi connectivity index (χ1v) is 5.93. The number of aromatic hydroxyl groups is 1. The molecule has 1 aromatic heterocycles. The Morgan fingerprint density at radius 3 is 2.45 bits per heavy atom. The molecule has 0 saturated carbocycles. The van der Waals surface area contributed by atoms with Crippen LogP contribution in [0.4, 0.5) is 0 Å². The number of H-pyrrole nitrogens is 2. The summed E-state index contributed by atoms with van der Waals surface area (Å²) in [5, 5.41) is 33.0. The van der Waals surface area contributed by atoms with E-state index >= 15 is 0 Å². The Balaban J connectivity index is 2.67. The maximum atomic E-state index is 11.9. The number of aromatic amines is 2. The number of rotatable bonds is 3. The van der Waals surface area contributed by atoms with Gasteiger partial charge in [0, 0.05) is 17.2 Å². The van der Waals surface area contributed by atoms with Gasteiger partial charge in [0.1, 0.15) is 11.7 Å². The summed E-state index contributed by atoms with van der Waals surface area (Å²) in [6, 6.07) is 10.0. The van der Waals surface area contributed by atoms with E-state index < -0.39 is 11.8 Å². The van der Waals surface area contributed by atoms with Gasteiger partial charge in [-0.1, -0.05) is 12.1 Å². The van der Waals surface area contributed by atoms with E-state index in [4.69, 9.17) is 10.5 Å². The maximum Gasteiger partial charge on any atom is 0.268 e. The Labute approximate surface area is 114 Å². The molecule has 3 N–H and O–H groups in total. The smallest absolute Gasteiger partial charge is 0.268 e. The summed E-state index contributed by atoms with van der Waals surface area (Å²) in [7, 11) is 0. The molecule has 6 heteroatoms. The van der Waals surface area contributed by atoms with Gasteiger partial charge in [-0.15, -0.1) is 0 Å². The van der Waals surface area contributed by atoms with Crippen molar-refractivity contribution in [3.63, 3.8) is 0 Å². The van der Waals surface area contributed by atoms with Gasteiger partial charge in [0.2, 0.25) is 0 Å². The molecule has 6 nitrogen and oxygen atoms in total. The fourth-order valence-electron chi connectivity index (χ4n) is 2.25. The molecule has 0 unspecified atom stereocenters. The van der Waals surface area contributed by atoms with Crippen LogP contribution < -0.4 is 5.56 Å². The van der Waals surface area contributed by atoms with Crippen molar-refractivity contribution in [2.75, 3.05) is 0 Å². The van der Waals surface area contributed by atoms with Gasteiger partial charge in [-0.25, -0.2) is 0 Å². The molecule has 0 radical (unpaired) electrons. The van der Waals surface area contributed by atoms with E-state index in [1.165, 1.54) is 12.1 Å². The minimum Gasteiger partial charge on any atom is -0.508 e. The van der Waals surface area contributed by atoms with Crippen molar-refractivity contribution in [2.24, 2.45) is 5.92 Å². The van der Waals surface area contributed by atoms with Crippen molar-refractivity contribution < 1.29 is 5.11 Å². The molecule has 0 saturated heterocycles. The number of hydrogen-bond acceptors (Lipinski definition) is 4. The third kappa shape index (κ3) is 2.27. The van der Waals surface area contributed by atoms with Crippen molar-refractivity contribution in [3.05, 3.63) is 51.4 Å². The van der Waals surface area contributed by atoms with E-state index in [-0.39, 0.29) is 11.3 Å². The fraction of sp³-hybridized carbons (Fsp3) is 0.214. The number of hydrogen-bond donors (Lipinski definition) is 3. The van der Waals surface area contributed by atoms with Crippen molar-refractivity contribution >= 4 is 0 Å². The lowest BCUT2D eigenvalue weighted by Gasteiger charge is -2.17. The zero-order valence-corrected chi connectivity index (χ0v) is 10.7. The normalized spacial score (nSPS) is 11.8. The Morgan fingerprint density at radius 2 is 1.95 bits per heavy atom. The molecular weight excluding hydrogens is 256 g/mol. The van der Waals surface area contributed by atoms with Crippen molar-refractivity contribution in [1.29, 1.82) is 10.5 Å². The van der Waals surface area contributed by atoms with Gasteiger partial charge in [-0.3, -0.25) is 9.89 Å². The summed E-state index contributed by atoms with van der Waals surface area (Å²) in [5.74, 6) is -1.72. The van der Waals surface area contributed by atoms with Crippen LogP contribution in [0.3, 0.4) is 0 Å². The molecule has 0 amide bonds. The zero-order chi connectivity index (χ0) is 14.7. The lowest BCUT2D eigenvalue weighted by Crippen LogP contribution is -2.19. The topological polar surface area (TPSA) is 116 Å². The van der Waals surface area contributed by atoms with Crippen LogP contribution in [-0.4, -0.2) is 15.3 Å². The van der Waals surface area contributed by atoms with Gasteiger partial charge >= 0.3 is 0 Å².